The fourth-order valence-electron chi connectivity index (χ4n) is 3.15. The first-order valence-corrected chi connectivity index (χ1v) is 10.1. The van der Waals surface area contributed by atoms with Crippen molar-refractivity contribution in [1.82, 2.24) is 9.55 Å². The van der Waals surface area contributed by atoms with Gasteiger partial charge >= 0.3 is 0 Å². The molecule has 2 aromatic carbocycles. The molecular weight excluding hydrogens is 356 g/mol. The second-order valence-electron chi connectivity index (χ2n) is 6.83. The molecule has 27 heavy (non-hydrogen) atoms. The number of fused-ring (bicyclic) bond motifs is 1. The highest BCUT2D eigenvalue weighted by atomic mass is 32.2. The Balaban J connectivity index is 1.92. The molecule has 4 nitrogen and oxygen atoms in total. The van der Waals surface area contributed by atoms with Crippen molar-refractivity contribution >= 4 is 28.4 Å². The number of carbonyl (C=O) groups is 1. The minimum atomic E-state index is -0.0419. The monoisotopic (exact) mass is 380 g/mol. The molecule has 0 amide bonds. The van der Waals surface area contributed by atoms with Crippen LogP contribution >= 0.6 is 11.8 Å². The predicted octanol–water partition coefficient (Wildman–Crippen LogP) is 4.71. The SMILES string of the molecule is CCCn1c(SCC(=O)c2cc(C)c(C)cc2C)nc2ccccc2c1=O. The van der Waals surface area contributed by atoms with Crippen molar-refractivity contribution < 1.29 is 4.79 Å². The summed E-state index contributed by atoms with van der Waals surface area (Å²) >= 11 is 1.34. The molecule has 3 rings (SSSR count). The Hall–Kier alpha value is -2.40. The number of carbonyl (C=O) groups excluding carboxylic acids is 1. The maximum absolute atomic E-state index is 12.8. The summed E-state index contributed by atoms with van der Waals surface area (Å²) in [6.07, 6.45) is 0.831. The van der Waals surface area contributed by atoms with Crippen molar-refractivity contribution in [3.05, 3.63) is 69.0 Å². The molecule has 5 heteroatoms. The van der Waals surface area contributed by atoms with Crippen LogP contribution < -0.4 is 5.56 Å². The lowest BCUT2D eigenvalue weighted by Crippen LogP contribution is -2.23. The van der Waals surface area contributed by atoms with Gasteiger partial charge in [0.1, 0.15) is 0 Å². The molecule has 0 fully saturated rings. The van der Waals surface area contributed by atoms with Crippen LogP contribution in [0.5, 0.6) is 0 Å². The maximum Gasteiger partial charge on any atom is 0.262 e. The van der Waals surface area contributed by atoms with Gasteiger partial charge in [-0.05, 0) is 62.1 Å². The first kappa shape index (κ1) is 19.4. The Bertz CT molecular complexity index is 1070. The summed E-state index contributed by atoms with van der Waals surface area (Å²) in [7, 11) is 0. The summed E-state index contributed by atoms with van der Waals surface area (Å²) in [6.45, 7) is 8.65. The third kappa shape index (κ3) is 3.98. The van der Waals surface area contributed by atoms with Crippen LogP contribution in [0.4, 0.5) is 0 Å². The van der Waals surface area contributed by atoms with E-state index in [-0.39, 0.29) is 17.1 Å². The molecule has 0 aliphatic rings. The molecular formula is C22H24N2O2S. The molecule has 0 radical (unpaired) electrons. The Kier molecular flexibility index (Phi) is 5.80. The molecule has 0 aliphatic heterocycles. The van der Waals surface area contributed by atoms with Crippen molar-refractivity contribution in [2.24, 2.45) is 0 Å². The lowest BCUT2D eigenvalue weighted by molar-refractivity contribution is 0.102. The van der Waals surface area contributed by atoms with Crippen LogP contribution in [-0.4, -0.2) is 21.1 Å². The molecule has 0 saturated carbocycles. The summed E-state index contributed by atoms with van der Waals surface area (Å²) < 4.78 is 1.69. The van der Waals surface area contributed by atoms with E-state index in [4.69, 9.17) is 0 Å². The van der Waals surface area contributed by atoms with Gasteiger partial charge < -0.3 is 0 Å². The van der Waals surface area contributed by atoms with Crippen LogP contribution in [0.3, 0.4) is 0 Å². The zero-order chi connectivity index (χ0) is 19.6. The molecule has 0 N–H and O–H groups in total. The van der Waals surface area contributed by atoms with E-state index >= 15 is 0 Å². The van der Waals surface area contributed by atoms with Gasteiger partial charge in [-0.2, -0.15) is 0 Å². The standard InChI is InChI=1S/C22H24N2O2S/c1-5-10-24-21(26)17-8-6-7-9-19(17)23-22(24)27-13-20(25)18-12-15(3)14(2)11-16(18)4/h6-9,11-12H,5,10,13H2,1-4H3. The first-order chi connectivity index (χ1) is 12.9. The van der Waals surface area contributed by atoms with Crippen molar-refractivity contribution in [2.75, 3.05) is 5.75 Å². The molecule has 140 valence electrons. The lowest BCUT2D eigenvalue weighted by Gasteiger charge is -2.13. The van der Waals surface area contributed by atoms with Gasteiger partial charge in [-0.25, -0.2) is 4.98 Å². The first-order valence-electron chi connectivity index (χ1n) is 9.15. The molecule has 1 heterocycles. The quantitative estimate of drug-likeness (QED) is 0.353. The number of aryl methyl sites for hydroxylation is 3. The largest absolute Gasteiger partial charge is 0.293 e. The number of thioether (sulfide) groups is 1. The van der Waals surface area contributed by atoms with Gasteiger partial charge in [0, 0.05) is 12.1 Å². The van der Waals surface area contributed by atoms with E-state index in [1.165, 1.54) is 17.3 Å². The van der Waals surface area contributed by atoms with Crippen molar-refractivity contribution in [1.29, 1.82) is 0 Å². The van der Waals surface area contributed by atoms with E-state index in [9.17, 15) is 9.59 Å². The molecule has 1 aromatic heterocycles. The Morgan fingerprint density at radius 2 is 1.78 bits per heavy atom. The highest BCUT2D eigenvalue weighted by molar-refractivity contribution is 7.99. The summed E-state index contributed by atoms with van der Waals surface area (Å²) in [5, 5.41) is 1.22. The van der Waals surface area contributed by atoms with Crippen LogP contribution in [-0.2, 0) is 6.54 Å². The second-order valence-corrected chi connectivity index (χ2v) is 7.77. The van der Waals surface area contributed by atoms with E-state index in [0.29, 0.717) is 22.6 Å². The molecule has 0 aliphatic carbocycles. The average Bonchev–Trinajstić information content (AvgIpc) is 2.65. The highest BCUT2D eigenvalue weighted by Crippen LogP contribution is 2.22. The lowest BCUT2D eigenvalue weighted by atomic mass is 9.99. The van der Waals surface area contributed by atoms with Gasteiger partial charge in [0.25, 0.3) is 5.56 Å². The molecule has 0 bridgehead atoms. The third-order valence-corrected chi connectivity index (χ3v) is 5.72. The topological polar surface area (TPSA) is 52.0 Å². The summed E-state index contributed by atoms with van der Waals surface area (Å²) in [5.74, 6) is 0.323. The second kappa shape index (κ2) is 8.09. The van der Waals surface area contributed by atoms with Gasteiger partial charge in [-0.3, -0.25) is 14.2 Å². The molecule has 0 saturated heterocycles. The number of nitrogens with zero attached hydrogens (tertiary/aromatic N) is 2. The van der Waals surface area contributed by atoms with Crippen LogP contribution in [0.2, 0.25) is 0 Å². The van der Waals surface area contributed by atoms with Gasteiger partial charge in [-0.1, -0.05) is 36.9 Å². The Morgan fingerprint density at radius 1 is 1.07 bits per heavy atom. The minimum absolute atomic E-state index is 0.0419. The van der Waals surface area contributed by atoms with Crippen LogP contribution in [0, 0.1) is 20.8 Å². The number of hydrogen-bond donors (Lipinski definition) is 0. The van der Waals surface area contributed by atoms with Gasteiger partial charge in [0.15, 0.2) is 10.9 Å². The van der Waals surface area contributed by atoms with Gasteiger partial charge in [0.05, 0.1) is 16.7 Å². The smallest absolute Gasteiger partial charge is 0.262 e. The molecule has 0 atom stereocenters. The number of benzene rings is 2. The van der Waals surface area contributed by atoms with Crippen LogP contribution in [0.25, 0.3) is 10.9 Å². The molecule has 3 aromatic rings. The van der Waals surface area contributed by atoms with Gasteiger partial charge in [0.2, 0.25) is 0 Å². The third-order valence-electron chi connectivity index (χ3n) is 4.75. The summed E-state index contributed by atoms with van der Waals surface area (Å²) in [6, 6.07) is 11.4. The predicted molar refractivity (Wildman–Crippen MR) is 112 cm³/mol. The fraction of sp³-hybridized carbons (Fsp3) is 0.318. The van der Waals surface area contributed by atoms with Crippen LogP contribution in [0.1, 0.15) is 40.4 Å². The Morgan fingerprint density at radius 3 is 2.52 bits per heavy atom. The molecule has 0 unspecified atom stereocenters. The molecule has 0 spiro atoms. The van der Waals surface area contributed by atoms with E-state index in [0.717, 1.165) is 23.1 Å². The number of rotatable bonds is 6. The number of Topliss-reactive ketones (excluding diaryl/α,β-unsaturated/α-hetero) is 1. The van der Waals surface area contributed by atoms with E-state index < -0.39 is 0 Å². The normalized spacial score (nSPS) is 11.1. The zero-order valence-corrected chi connectivity index (χ0v) is 17.0. The minimum Gasteiger partial charge on any atom is -0.293 e. The highest BCUT2D eigenvalue weighted by Gasteiger charge is 2.15. The van der Waals surface area contributed by atoms with E-state index in [1.54, 1.807) is 10.6 Å². The van der Waals surface area contributed by atoms with Gasteiger partial charge in [-0.15, -0.1) is 0 Å². The van der Waals surface area contributed by atoms with Crippen molar-refractivity contribution in [3.8, 4) is 0 Å². The maximum atomic E-state index is 12.8. The van der Waals surface area contributed by atoms with Crippen molar-refractivity contribution in [2.45, 2.75) is 45.8 Å². The van der Waals surface area contributed by atoms with E-state index in [2.05, 4.69) is 11.1 Å². The zero-order valence-electron chi connectivity index (χ0n) is 16.2. The Labute approximate surface area is 163 Å². The fourth-order valence-corrected chi connectivity index (χ4v) is 4.06. The number of hydrogen-bond acceptors (Lipinski definition) is 4. The number of ketones is 1. The number of aromatic nitrogens is 2. The van der Waals surface area contributed by atoms with Crippen molar-refractivity contribution in [3.63, 3.8) is 0 Å². The van der Waals surface area contributed by atoms with E-state index in [1.807, 2.05) is 52.0 Å². The van der Waals surface area contributed by atoms with Crippen LogP contribution in [0.15, 0.2) is 46.3 Å². The average molecular weight is 381 g/mol. The number of para-hydroxylation sites is 1. The summed E-state index contributed by atoms with van der Waals surface area (Å²) in [5.41, 5.74) is 4.66. The summed E-state index contributed by atoms with van der Waals surface area (Å²) in [4.78, 5) is 30.2.